The minimum atomic E-state index is -1.05. The van der Waals surface area contributed by atoms with Crippen LogP contribution in [0.4, 0.5) is 0 Å². The monoisotopic (exact) mass is 448 g/mol. The minimum absolute atomic E-state index is 0.0365. The molecular weight excluding hydrogens is 420 g/mol. The second kappa shape index (κ2) is 7.81. The number of hydrogen-bond donors (Lipinski definition) is 3. The number of phenolic OH excluding ortho intramolecular Hbond substituents is 1. The molecule has 2 aliphatic heterocycles. The summed E-state index contributed by atoms with van der Waals surface area (Å²) in [5.74, 6) is 0.673. The highest BCUT2D eigenvalue weighted by molar-refractivity contribution is 6.00. The average Bonchev–Trinajstić information content (AvgIpc) is 3.16. The highest BCUT2D eigenvalue weighted by Gasteiger charge is 2.55. The number of nitrogens with zero attached hydrogens (tertiary/aromatic N) is 2. The summed E-state index contributed by atoms with van der Waals surface area (Å²) in [5, 5.41) is 14.2. The van der Waals surface area contributed by atoms with Crippen LogP contribution in [0.2, 0.25) is 0 Å². The first-order valence-corrected chi connectivity index (χ1v) is 11.1. The molecule has 3 N–H and O–H groups in total. The molecule has 0 radical (unpaired) electrons. The van der Waals surface area contributed by atoms with Crippen molar-refractivity contribution in [2.45, 2.75) is 24.9 Å². The van der Waals surface area contributed by atoms with Crippen molar-refractivity contribution in [1.29, 1.82) is 0 Å². The van der Waals surface area contributed by atoms with Crippen molar-refractivity contribution in [3.8, 4) is 11.5 Å². The number of methoxy groups -OCH3 is 1. The normalized spacial score (nSPS) is 22.5. The van der Waals surface area contributed by atoms with Gasteiger partial charge >= 0.3 is 0 Å². The van der Waals surface area contributed by atoms with Gasteiger partial charge in [-0.05, 0) is 55.4 Å². The molecule has 3 heterocycles. The SMILES string of the molecule is CNCCN1CC(=O)N2[C@H](c3cccc(O)c3)c3[nH]c4ccc(OC)cc4c3C[C@]2(C)C1=O. The van der Waals surface area contributed by atoms with E-state index in [0.29, 0.717) is 19.5 Å². The van der Waals surface area contributed by atoms with Gasteiger partial charge in [0.05, 0.1) is 19.7 Å². The van der Waals surface area contributed by atoms with Crippen molar-refractivity contribution in [2.24, 2.45) is 0 Å². The van der Waals surface area contributed by atoms with Crippen molar-refractivity contribution < 1.29 is 19.4 Å². The third-order valence-electron chi connectivity index (χ3n) is 6.89. The predicted octanol–water partition coefficient (Wildman–Crippen LogP) is 2.18. The van der Waals surface area contributed by atoms with Crippen LogP contribution in [0.3, 0.4) is 0 Å². The number of likely N-dealkylation sites (N-methyl/N-ethyl adjacent to an activating group) is 1. The van der Waals surface area contributed by atoms with Crippen LogP contribution in [-0.4, -0.2) is 71.0 Å². The van der Waals surface area contributed by atoms with Gasteiger partial charge in [0.15, 0.2) is 0 Å². The molecule has 3 aromatic rings. The summed E-state index contributed by atoms with van der Waals surface area (Å²) in [7, 11) is 3.45. The highest BCUT2D eigenvalue weighted by Crippen LogP contribution is 2.47. The molecule has 1 saturated heterocycles. The highest BCUT2D eigenvalue weighted by atomic mass is 16.5. The lowest BCUT2D eigenvalue weighted by molar-refractivity contribution is -0.167. The van der Waals surface area contributed by atoms with E-state index in [1.165, 1.54) is 0 Å². The maximum atomic E-state index is 13.8. The molecule has 2 aliphatic rings. The summed E-state index contributed by atoms with van der Waals surface area (Å²) in [4.78, 5) is 34.2. The number of hydrogen-bond acceptors (Lipinski definition) is 5. The van der Waals surface area contributed by atoms with Crippen LogP contribution in [0, 0.1) is 0 Å². The van der Waals surface area contributed by atoms with E-state index >= 15 is 0 Å². The third-order valence-corrected chi connectivity index (χ3v) is 6.89. The summed E-state index contributed by atoms with van der Waals surface area (Å²) >= 11 is 0. The number of carbonyl (C=O) groups is 2. The zero-order chi connectivity index (χ0) is 23.3. The number of piperazine rings is 1. The van der Waals surface area contributed by atoms with Crippen LogP contribution in [0.15, 0.2) is 42.5 Å². The molecule has 172 valence electrons. The second-order valence-electron chi connectivity index (χ2n) is 8.97. The van der Waals surface area contributed by atoms with E-state index in [-0.39, 0.29) is 24.1 Å². The first kappa shape index (κ1) is 21.3. The van der Waals surface area contributed by atoms with Gasteiger partial charge in [0.2, 0.25) is 11.8 Å². The third kappa shape index (κ3) is 3.24. The summed E-state index contributed by atoms with van der Waals surface area (Å²) < 4.78 is 5.45. The van der Waals surface area contributed by atoms with Crippen molar-refractivity contribution in [3.05, 3.63) is 59.3 Å². The molecule has 2 aromatic carbocycles. The van der Waals surface area contributed by atoms with E-state index in [9.17, 15) is 14.7 Å². The van der Waals surface area contributed by atoms with E-state index < -0.39 is 11.6 Å². The number of ether oxygens (including phenoxy) is 1. The number of benzene rings is 2. The Bertz CT molecular complexity index is 1250. The number of amides is 2. The molecule has 0 aliphatic carbocycles. The van der Waals surface area contributed by atoms with Crippen LogP contribution >= 0.6 is 0 Å². The lowest BCUT2D eigenvalue weighted by Crippen LogP contribution is -2.70. The molecule has 8 nitrogen and oxygen atoms in total. The summed E-state index contributed by atoms with van der Waals surface area (Å²) in [6.45, 7) is 2.97. The number of fused-ring (bicyclic) bond motifs is 4. The lowest BCUT2D eigenvalue weighted by atomic mass is 9.78. The maximum absolute atomic E-state index is 13.8. The van der Waals surface area contributed by atoms with Gasteiger partial charge in [0.1, 0.15) is 17.0 Å². The van der Waals surface area contributed by atoms with Gasteiger partial charge in [-0.15, -0.1) is 0 Å². The number of aromatic amines is 1. The van der Waals surface area contributed by atoms with Crippen LogP contribution in [0.25, 0.3) is 10.9 Å². The van der Waals surface area contributed by atoms with Crippen molar-refractivity contribution in [2.75, 3.05) is 33.8 Å². The quantitative estimate of drug-likeness (QED) is 0.556. The average molecular weight is 449 g/mol. The molecule has 2 atom stereocenters. The molecular formula is C25H28N4O4. The van der Waals surface area contributed by atoms with Crippen molar-refractivity contribution in [1.82, 2.24) is 20.1 Å². The topological polar surface area (TPSA) is 97.9 Å². The van der Waals surface area contributed by atoms with Gasteiger partial charge in [-0.1, -0.05) is 12.1 Å². The zero-order valence-electron chi connectivity index (χ0n) is 19.0. The number of aromatic hydroxyl groups is 1. The first-order valence-electron chi connectivity index (χ1n) is 11.1. The van der Waals surface area contributed by atoms with Gasteiger partial charge in [-0.3, -0.25) is 9.59 Å². The molecule has 5 rings (SSSR count). The molecule has 0 unspecified atom stereocenters. The van der Waals surface area contributed by atoms with Gasteiger partial charge in [0, 0.05) is 36.1 Å². The standard InChI is InChI=1S/C25H28N4O4/c1-25-13-19-18-12-17(33-3)7-8-20(18)27-22(19)23(15-5-4-6-16(30)11-15)29(25)21(31)14-28(24(25)32)10-9-26-2/h4-8,11-12,23,26-27,30H,9-10,13-14H2,1-3H3/t23-,25-/m1/s1. The first-order chi connectivity index (χ1) is 15.9. The number of H-pyrrole nitrogens is 1. The van der Waals surface area contributed by atoms with Crippen LogP contribution in [0.5, 0.6) is 11.5 Å². The van der Waals surface area contributed by atoms with Crippen LogP contribution in [-0.2, 0) is 16.0 Å². The summed E-state index contributed by atoms with van der Waals surface area (Å²) in [6, 6.07) is 12.2. The van der Waals surface area contributed by atoms with Gasteiger partial charge in [0.25, 0.3) is 0 Å². The Kier molecular flexibility index (Phi) is 5.05. The molecule has 8 heteroatoms. The van der Waals surface area contributed by atoms with Crippen LogP contribution < -0.4 is 10.1 Å². The second-order valence-corrected chi connectivity index (χ2v) is 8.97. The number of phenols is 1. The Morgan fingerprint density at radius 2 is 2.06 bits per heavy atom. The molecule has 0 bridgehead atoms. The largest absolute Gasteiger partial charge is 0.508 e. The van der Waals surface area contributed by atoms with E-state index in [1.807, 2.05) is 38.2 Å². The fourth-order valence-corrected chi connectivity index (χ4v) is 5.33. The van der Waals surface area contributed by atoms with Gasteiger partial charge in [-0.2, -0.15) is 0 Å². The van der Waals surface area contributed by atoms with E-state index in [2.05, 4.69) is 10.3 Å². The Morgan fingerprint density at radius 3 is 2.79 bits per heavy atom. The molecule has 0 spiro atoms. The predicted molar refractivity (Wildman–Crippen MR) is 124 cm³/mol. The fourth-order valence-electron chi connectivity index (χ4n) is 5.33. The lowest BCUT2D eigenvalue weighted by Gasteiger charge is -2.53. The molecule has 1 fully saturated rings. The van der Waals surface area contributed by atoms with Crippen molar-refractivity contribution >= 4 is 22.7 Å². The minimum Gasteiger partial charge on any atom is -0.508 e. The summed E-state index contributed by atoms with van der Waals surface area (Å²) in [5.41, 5.74) is 2.48. The van der Waals surface area contributed by atoms with Gasteiger partial charge in [-0.25, -0.2) is 0 Å². The Hall–Kier alpha value is -3.52. The summed E-state index contributed by atoms with van der Waals surface area (Å²) in [6.07, 6.45) is 0.394. The number of aromatic nitrogens is 1. The van der Waals surface area contributed by atoms with E-state index in [1.54, 1.807) is 35.1 Å². The zero-order valence-corrected chi connectivity index (χ0v) is 19.0. The number of nitrogens with one attached hydrogen (secondary N) is 2. The van der Waals surface area contributed by atoms with Gasteiger partial charge < -0.3 is 29.9 Å². The fraction of sp³-hybridized carbons (Fsp3) is 0.360. The Balaban J connectivity index is 1.73. The number of carbonyl (C=O) groups excluding carboxylic acids is 2. The molecule has 2 amide bonds. The van der Waals surface area contributed by atoms with E-state index in [0.717, 1.165) is 33.5 Å². The maximum Gasteiger partial charge on any atom is 0.249 e. The van der Waals surface area contributed by atoms with Crippen LogP contribution in [0.1, 0.15) is 29.8 Å². The Morgan fingerprint density at radius 1 is 1.24 bits per heavy atom. The smallest absolute Gasteiger partial charge is 0.249 e. The number of rotatable bonds is 5. The molecule has 0 saturated carbocycles. The molecule has 1 aromatic heterocycles. The Labute approximate surface area is 192 Å². The molecule has 33 heavy (non-hydrogen) atoms. The van der Waals surface area contributed by atoms with Crippen molar-refractivity contribution in [3.63, 3.8) is 0 Å². The van der Waals surface area contributed by atoms with E-state index in [4.69, 9.17) is 4.74 Å².